The fourth-order valence-electron chi connectivity index (χ4n) is 3.38. The molecular weight excluding hydrogens is 362 g/mol. The summed E-state index contributed by atoms with van der Waals surface area (Å²) in [5.41, 5.74) is 2.05. The SMILES string of the molecule is O=C1CCCN1Cc1cn(C2CN(C(=O)CSCc3ccccc3)C2)nn1. The van der Waals surface area contributed by atoms with Crippen LogP contribution >= 0.6 is 11.8 Å². The zero-order valence-electron chi connectivity index (χ0n) is 15.2. The second-order valence-electron chi connectivity index (χ2n) is 7.04. The first kappa shape index (κ1) is 18.0. The first-order chi connectivity index (χ1) is 13.2. The summed E-state index contributed by atoms with van der Waals surface area (Å²) in [4.78, 5) is 27.7. The molecule has 2 fully saturated rings. The Labute approximate surface area is 162 Å². The minimum Gasteiger partial charge on any atom is -0.338 e. The number of carbonyl (C=O) groups excluding carboxylic acids is 2. The molecule has 1 aromatic heterocycles. The Hall–Kier alpha value is -2.35. The number of benzene rings is 1. The fraction of sp³-hybridized carbons (Fsp3) is 0.474. The van der Waals surface area contributed by atoms with Crippen molar-refractivity contribution in [2.75, 3.05) is 25.4 Å². The molecule has 7 nitrogen and oxygen atoms in total. The van der Waals surface area contributed by atoms with E-state index in [4.69, 9.17) is 0 Å². The van der Waals surface area contributed by atoms with Crippen molar-refractivity contribution < 1.29 is 9.59 Å². The smallest absolute Gasteiger partial charge is 0.232 e. The third kappa shape index (κ3) is 4.32. The van der Waals surface area contributed by atoms with Gasteiger partial charge >= 0.3 is 0 Å². The van der Waals surface area contributed by atoms with Crippen molar-refractivity contribution in [2.24, 2.45) is 0 Å². The summed E-state index contributed by atoms with van der Waals surface area (Å²) >= 11 is 1.65. The highest BCUT2D eigenvalue weighted by atomic mass is 32.2. The molecule has 27 heavy (non-hydrogen) atoms. The van der Waals surface area contributed by atoms with Crippen molar-refractivity contribution in [3.05, 3.63) is 47.8 Å². The lowest BCUT2D eigenvalue weighted by atomic mass is 10.1. The number of carbonyl (C=O) groups is 2. The van der Waals surface area contributed by atoms with Gasteiger partial charge in [0.15, 0.2) is 0 Å². The number of hydrogen-bond acceptors (Lipinski definition) is 5. The average Bonchev–Trinajstić information content (AvgIpc) is 3.25. The summed E-state index contributed by atoms with van der Waals surface area (Å²) in [7, 11) is 0. The Morgan fingerprint density at radius 3 is 2.78 bits per heavy atom. The lowest BCUT2D eigenvalue weighted by Gasteiger charge is -2.38. The van der Waals surface area contributed by atoms with Crippen LogP contribution in [0.25, 0.3) is 0 Å². The maximum atomic E-state index is 12.3. The van der Waals surface area contributed by atoms with E-state index >= 15 is 0 Å². The van der Waals surface area contributed by atoms with E-state index in [2.05, 4.69) is 22.4 Å². The molecule has 2 saturated heterocycles. The van der Waals surface area contributed by atoms with Crippen molar-refractivity contribution in [1.82, 2.24) is 24.8 Å². The lowest BCUT2D eigenvalue weighted by molar-refractivity contribution is -0.134. The molecule has 142 valence electrons. The topological polar surface area (TPSA) is 71.3 Å². The number of nitrogens with zero attached hydrogens (tertiary/aromatic N) is 5. The van der Waals surface area contributed by atoms with Gasteiger partial charge in [0.2, 0.25) is 11.8 Å². The Morgan fingerprint density at radius 1 is 1.22 bits per heavy atom. The Balaban J connectivity index is 1.20. The highest BCUT2D eigenvalue weighted by Crippen LogP contribution is 2.23. The van der Waals surface area contributed by atoms with Crippen LogP contribution in [0.2, 0.25) is 0 Å². The van der Waals surface area contributed by atoms with Gasteiger partial charge in [-0.2, -0.15) is 0 Å². The molecule has 2 aromatic rings. The van der Waals surface area contributed by atoms with Crippen LogP contribution in [0.5, 0.6) is 0 Å². The molecule has 0 bridgehead atoms. The van der Waals surface area contributed by atoms with E-state index in [0.717, 1.165) is 24.4 Å². The summed E-state index contributed by atoms with van der Waals surface area (Å²) in [6.07, 6.45) is 3.47. The second kappa shape index (κ2) is 8.12. The number of rotatable bonds is 7. The molecule has 0 N–H and O–H groups in total. The predicted octanol–water partition coefficient (Wildman–Crippen LogP) is 1.72. The van der Waals surface area contributed by atoms with Crippen LogP contribution in [0.15, 0.2) is 36.5 Å². The highest BCUT2D eigenvalue weighted by Gasteiger charge is 2.32. The molecule has 0 spiro atoms. The van der Waals surface area contributed by atoms with Crippen LogP contribution in [0.1, 0.15) is 30.1 Å². The Morgan fingerprint density at radius 2 is 2.04 bits per heavy atom. The van der Waals surface area contributed by atoms with Crippen molar-refractivity contribution in [1.29, 1.82) is 0 Å². The number of amides is 2. The molecule has 0 aliphatic carbocycles. The predicted molar refractivity (Wildman–Crippen MR) is 103 cm³/mol. The van der Waals surface area contributed by atoms with Gasteiger partial charge in [0.1, 0.15) is 5.69 Å². The van der Waals surface area contributed by atoms with Crippen LogP contribution in [-0.2, 0) is 21.9 Å². The Bertz CT molecular complexity index is 803. The second-order valence-corrected chi connectivity index (χ2v) is 8.03. The van der Waals surface area contributed by atoms with Crippen LogP contribution in [0, 0.1) is 0 Å². The van der Waals surface area contributed by atoms with E-state index in [1.165, 1.54) is 5.56 Å². The van der Waals surface area contributed by atoms with Crippen molar-refractivity contribution >= 4 is 23.6 Å². The molecule has 2 amide bonds. The lowest BCUT2D eigenvalue weighted by Crippen LogP contribution is -2.51. The van der Waals surface area contributed by atoms with E-state index in [9.17, 15) is 9.59 Å². The molecule has 3 heterocycles. The molecule has 0 saturated carbocycles. The standard InChI is InChI=1S/C19H23N5O2S/c25-18-7-4-8-22(18)9-16-10-24(21-20-16)17-11-23(12-17)19(26)14-27-13-15-5-2-1-3-6-15/h1-3,5-6,10,17H,4,7-9,11-14H2. The maximum Gasteiger partial charge on any atom is 0.232 e. The summed E-state index contributed by atoms with van der Waals surface area (Å²) < 4.78 is 1.83. The largest absolute Gasteiger partial charge is 0.338 e. The van der Waals surface area contributed by atoms with Gasteiger partial charge in [-0.1, -0.05) is 35.5 Å². The van der Waals surface area contributed by atoms with Crippen LogP contribution in [0.4, 0.5) is 0 Å². The van der Waals surface area contributed by atoms with Gasteiger partial charge in [0.05, 0.1) is 24.5 Å². The summed E-state index contributed by atoms with van der Waals surface area (Å²) in [6.45, 7) is 2.69. The molecule has 0 radical (unpaired) electrons. The van der Waals surface area contributed by atoms with Crippen LogP contribution in [-0.4, -0.2) is 62.0 Å². The van der Waals surface area contributed by atoms with Gasteiger partial charge in [0, 0.05) is 31.8 Å². The third-order valence-electron chi connectivity index (χ3n) is 5.01. The summed E-state index contributed by atoms with van der Waals surface area (Å²) in [5.74, 6) is 1.72. The molecule has 2 aliphatic heterocycles. The molecule has 0 atom stereocenters. The van der Waals surface area contributed by atoms with E-state index in [1.54, 1.807) is 11.8 Å². The van der Waals surface area contributed by atoms with Gasteiger partial charge in [-0.05, 0) is 12.0 Å². The van der Waals surface area contributed by atoms with E-state index in [1.807, 2.05) is 38.9 Å². The molecule has 4 rings (SSSR count). The van der Waals surface area contributed by atoms with Gasteiger partial charge < -0.3 is 9.80 Å². The molecule has 8 heteroatoms. The number of thioether (sulfide) groups is 1. The third-order valence-corrected chi connectivity index (χ3v) is 6.00. The van der Waals surface area contributed by atoms with Gasteiger partial charge in [-0.3, -0.25) is 9.59 Å². The number of likely N-dealkylation sites (tertiary alicyclic amines) is 2. The first-order valence-corrected chi connectivity index (χ1v) is 10.4. The zero-order chi connectivity index (χ0) is 18.6. The highest BCUT2D eigenvalue weighted by molar-refractivity contribution is 7.99. The van der Waals surface area contributed by atoms with Crippen molar-refractivity contribution in [2.45, 2.75) is 31.2 Å². The number of hydrogen-bond donors (Lipinski definition) is 0. The van der Waals surface area contributed by atoms with Crippen molar-refractivity contribution in [3.63, 3.8) is 0 Å². The maximum absolute atomic E-state index is 12.3. The van der Waals surface area contributed by atoms with E-state index < -0.39 is 0 Å². The Kier molecular flexibility index (Phi) is 5.42. The number of aromatic nitrogens is 3. The first-order valence-electron chi connectivity index (χ1n) is 9.27. The zero-order valence-corrected chi connectivity index (χ0v) is 16.0. The quantitative estimate of drug-likeness (QED) is 0.726. The van der Waals surface area contributed by atoms with Crippen LogP contribution in [0.3, 0.4) is 0 Å². The van der Waals surface area contributed by atoms with Gasteiger partial charge in [0.25, 0.3) is 0 Å². The molecular formula is C19H23N5O2S. The van der Waals surface area contributed by atoms with Crippen LogP contribution < -0.4 is 0 Å². The monoisotopic (exact) mass is 385 g/mol. The van der Waals surface area contributed by atoms with Crippen molar-refractivity contribution in [3.8, 4) is 0 Å². The molecule has 0 unspecified atom stereocenters. The van der Waals surface area contributed by atoms with E-state index in [-0.39, 0.29) is 17.9 Å². The fourth-order valence-corrected chi connectivity index (χ4v) is 4.27. The molecule has 1 aromatic carbocycles. The molecule has 2 aliphatic rings. The van der Waals surface area contributed by atoms with Gasteiger partial charge in [-0.25, -0.2) is 4.68 Å². The average molecular weight is 385 g/mol. The van der Waals surface area contributed by atoms with E-state index in [0.29, 0.717) is 31.8 Å². The summed E-state index contributed by atoms with van der Waals surface area (Å²) in [5, 5.41) is 8.37. The minimum atomic E-state index is 0.176. The minimum absolute atomic E-state index is 0.176. The summed E-state index contributed by atoms with van der Waals surface area (Å²) in [6, 6.07) is 10.4. The van der Waals surface area contributed by atoms with Gasteiger partial charge in [-0.15, -0.1) is 16.9 Å². The normalized spacial score (nSPS) is 17.4.